The first-order valence-corrected chi connectivity index (χ1v) is 6.06. The summed E-state index contributed by atoms with van der Waals surface area (Å²) in [4.78, 5) is 0. The third kappa shape index (κ3) is 3.29. The summed E-state index contributed by atoms with van der Waals surface area (Å²) in [5.74, 6) is 1.54. The molecule has 0 aliphatic rings. The highest BCUT2D eigenvalue weighted by molar-refractivity contribution is 9.10. The second-order valence-corrected chi connectivity index (χ2v) is 4.04. The summed E-state index contributed by atoms with van der Waals surface area (Å²) in [7, 11) is 0. The molecule has 3 nitrogen and oxygen atoms in total. The summed E-state index contributed by atoms with van der Waals surface area (Å²) in [6.45, 7) is 2.40. The van der Waals surface area contributed by atoms with Gasteiger partial charge < -0.3 is 9.47 Å². The predicted molar refractivity (Wildman–Crippen MR) is 66.0 cm³/mol. The lowest BCUT2D eigenvalue weighted by molar-refractivity contribution is 0.297. The van der Waals surface area contributed by atoms with Gasteiger partial charge >= 0.3 is 0 Å². The van der Waals surface area contributed by atoms with Crippen molar-refractivity contribution in [3.05, 3.63) is 22.2 Å². The van der Waals surface area contributed by atoms with Crippen molar-refractivity contribution in [3.8, 4) is 17.6 Å². The molecule has 0 saturated heterocycles. The maximum atomic E-state index is 8.49. The Balaban J connectivity index is 3.07. The van der Waals surface area contributed by atoms with E-state index in [-0.39, 0.29) is 6.61 Å². The molecule has 0 spiro atoms. The summed E-state index contributed by atoms with van der Waals surface area (Å²) in [5.41, 5.74) is 0.932. The van der Waals surface area contributed by atoms with Gasteiger partial charge in [-0.15, -0.1) is 11.6 Å². The van der Waals surface area contributed by atoms with Crippen molar-refractivity contribution in [2.24, 2.45) is 0 Å². The Bertz CT molecular complexity index is 404. The Kier molecular flexibility index (Phi) is 5.44. The minimum atomic E-state index is -0.0150. The van der Waals surface area contributed by atoms with Gasteiger partial charge in [0.25, 0.3) is 0 Å². The fourth-order valence-corrected chi connectivity index (χ4v) is 1.96. The number of alkyl halides is 1. The summed E-state index contributed by atoms with van der Waals surface area (Å²) in [6, 6.07) is 5.58. The van der Waals surface area contributed by atoms with Gasteiger partial charge in [0.15, 0.2) is 18.1 Å². The average molecular weight is 305 g/mol. The molecule has 0 bridgehead atoms. The fourth-order valence-electron chi connectivity index (χ4n) is 1.21. The molecule has 0 aromatic heterocycles. The molecule has 0 amide bonds. The molecule has 16 heavy (non-hydrogen) atoms. The first kappa shape index (κ1) is 13.1. The van der Waals surface area contributed by atoms with Crippen molar-refractivity contribution >= 4 is 27.5 Å². The van der Waals surface area contributed by atoms with E-state index in [1.165, 1.54) is 0 Å². The van der Waals surface area contributed by atoms with E-state index in [1.807, 2.05) is 25.1 Å². The van der Waals surface area contributed by atoms with E-state index in [0.29, 0.717) is 24.0 Å². The van der Waals surface area contributed by atoms with Gasteiger partial charge in [0, 0.05) is 5.88 Å². The Labute approximate surface area is 108 Å². The average Bonchev–Trinajstić information content (AvgIpc) is 2.28. The van der Waals surface area contributed by atoms with E-state index in [9.17, 15) is 0 Å². The summed E-state index contributed by atoms with van der Waals surface area (Å²) in [5, 5.41) is 8.49. The zero-order chi connectivity index (χ0) is 12.0. The zero-order valence-electron chi connectivity index (χ0n) is 8.80. The minimum Gasteiger partial charge on any atom is -0.490 e. The highest BCUT2D eigenvalue weighted by Gasteiger charge is 2.11. The molecule has 0 heterocycles. The smallest absolute Gasteiger partial charge is 0.176 e. The Hall–Kier alpha value is -0.920. The van der Waals surface area contributed by atoms with Gasteiger partial charge in [0.05, 0.1) is 11.1 Å². The number of nitrogens with zero attached hydrogens (tertiary/aromatic N) is 1. The number of nitriles is 1. The van der Waals surface area contributed by atoms with Crippen LogP contribution in [-0.4, -0.2) is 13.2 Å². The summed E-state index contributed by atoms with van der Waals surface area (Å²) in [6.07, 6.45) is 0. The maximum absolute atomic E-state index is 8.49. The van der Waals surface area contributed by atoms with Crippen LogP contribution in [0.15, 0.2) is 16.6 Å². The van der Waals surface area contributed by atoms with Gasteiger partial charge in [0.1, 0.15) is 6.07 Å². The monoisotopic (exact) mass is 303 g/mol. The van der Waals surface area contributed by atoms with Crippen LogP contribution in [0.5, 0.6) is 11.5 Å². The molecule has 86 valence electrons. The van der Waals surface area contributed by atoms with E-state index < -0.39 is 0 Å². The van der Waals surface area contributed by atoms with Crippen LogP contribution < -0.4 is 9.47 Å². The molecule has 0 N–H and O–H groups in total. The SMILES string of the molecule is CCOc1cc(CCl)cc(Br)c1OCC#N. The number of ether oxygens (including phenoxy) is 2. The number of halogens is 2. The molecule has 5 heteroatoms. The molecular formula is C11H11BrClNO2. The number of rotatable bonds is 5. The summed E-state index contributed by atoms with van der Waals surface area (Å²) < 4.78 is 11.5. The largest absolute Gasteiger partial charge is 0.490 e. The van der Waals surface area contributed by atoms with Crippen LogP contribution in [0.3, 0.4) is 0 Å². The lowest BCUT2D eigenvalue weighted by Crippen LogP contribution is -2.00. The minimum absolute atomic E-state index is 0.0150. The fraction of sp³-hybridized carbons (Fsp3) is 0.364. The van der Waals surface area contributed by atoms with Crippen molar-refractivity contribution in [1.29, 1.82) is 5.26 Å². The van der Waals surface area contributed by atoms with Crippen molar-refractivity contribution in [3.63, 3.8) is 0 Å². The molecule has 0 aliphatic carbocycles. The van der Waals surface area contributed by atoms with E-state index >= 15 is 0 Å². The molecule has 0 unspecified atom stereocenters. The van der Waals surface area contributed by atoms with Gasteiger partial charge in [-0.1, -0.05) is 0 Å². The van der Waals surface area contributed by atoms with Crippen LogP contribution in [0.25, 0.3) is 0 Å². The molecule has 0 aliphatic heterocycles. The molecule has 0 fully saturated rings. The third-order valence-electron chi connectivity index (χ3n) is 1.80. The highest BCUT2D eigenvalue weighted by atomic mass is 79.9. The number of hydrogen-bond acceptors (Lipinski definition) is 3. The van der Waals surface area contributed by atoms with Crippen LogP contribution in [0.1, 0.15) is 12.5 Å². The third-order valence-corrected chi connectivity index (χ3v) is 2.70. The number of benzene rings is 1. The molecule has 1 aromatic carbocycles. The van der Waals surface area contributed by atoms with Crippen molar-refractivity contribution in [2.75, 3.05) is 13.2 Å². The molecule has 1 aromatic rings. The van der Waals surface area contributed by atoms with Crippen molar-refractivity contribution in [1.82, 2.24) is 0 Å². The van der Waals surface area contributed by atoms with Crippen molar-refractivity contribution < 1.29 is 9.47 Å². The first-order chi connectivity index (χ1) is 7.72. The predicted octanol–water partition coefficient (Wildman–Crippen LogP) is 3.49. The maximum Gasteiger partial charge on any atom is 0.176 e. The Morgan fingerprint density at radius 1 is 1.44 bits per heavy atom. The molecule has 1 rings (SSSR count). The van der Waals surface area contributed by atoms with Crippen molar-refractivity contribution in [2.45, 2.75) is 12.8 Å². The van der Waals surface area contributed by atoms with Gasteiger partial charge in [-0.25, -0.2) is 0 Å². The normalized spacial score (nSPS) is 9.62. The second-order valence-electron chi connectivity index (χ2n) is 2.92. The van der Waals surface area contributed by atoms with Gasteiger partial charge in [-0.3, -0.25) is 0 Å². The van der Waals surface area contributed by atoms with Crippen LogP contribution in [0.4, 0.5) is 0 Å². The van der Waals surface area contributed by atoms with Gasteiger partial charge in [-0.05, 0) is 40.5 Å². The van der Waals surface area contributed by atoms with E-state index in [0.717, 1.165) is 10.0 Å². The highest BCUT2D eigenvalue weighted by Crippen LogP contribution is 2.37. The zero-order valence-corrected chi connectivity index (χ0v) is 11.1. The molecule has 0 saturated carbocycles. The standard InChI is InChI=1S/C11H11BrClNO2/c1-2-15-10-6-8(7-13)5-9(12)11(10)16-4-3-14/h5-6H,2,4,7H2,1H3. The first-order valence-electron chi connectivity index (χ1n) is 4.73. The van der Waals surface area contributed by atoms with Gasteiger partial charge in [0.2, 0.25) is 0 Å². The Morgan fingerprint density at radius 2 is 2.19 bits per heavy atom. The number of hydrogen-bond donors (Lipinski definition) is 0. The van der Waals surface area contributed by atoms with Crippen LogP contribution in [0.2, 0.25) is 0 Å². The lowest BCUT2D eigenvalue weighted by Gasteiger charge is -2.13. The van der Waals surface area contributed by atoms with Crippen LogP contribution in [0, 0.1) is 11.3 Å². The lowest BCUT2D eigenvalue weighted by atomic mass is 10.2. The van der Waals surface area contributed by atoms with E-state index in [2.05, 4.69) is 15.9 Å². The summed E-state index contributed by atoms with van der Waals surface area (Å²) >= 11 is 9.12. The molecule has 0 radical (unpaired) electrons. The topological polar surface area (TPSA) is 42.2 Å². The van der Waals surface area contributed by atoms with Gasteiger partial charge in [-0.2, -0.15) is 5.26 Å². The quantitative estimate of drug-likeness (QED) is 0.782. The van der Waals surface area contributed by atoms with E-state index in [1.54, 1.807) is 0 Å². The van der Waals surface area contributed by atoms with Crippen LogP contribution in [-0.2, 0) is 5.88 Å². The second kappa shape index (κ2) is 6.62. The van der Waals surface area contributed by atoms with Crippen LogP contribution >= 0.6 is 27.5 Å². The molecular weight excluding hydrogens is 293 g/mol. The van der Waals surface area contributed by atoms with E-state index in [4.69, 9.17) is 26.3 Å². The Morgan fingerprint density at radius 3 is 2.75 bits per heavy atom. The molecule has 0 atom stereocenters.